The molecule has 0 aliphatic heterocycles. The van der Waals surface area contributed by atoms with Crippen molar-refractivity contribution in [3.8, 4) is 0 Å². The van der Waals surface area contributed by atoms with E-state index in [1.807, 2.05) is 0 Å². The molecule has 0 radical (unpaired) electrons. The minimum absolute atomic E-state index is 0.0516. The molecule has 9 rings (SSSR count). The Morgan fingerprint density at radius 3 is 0.574 bits per heavy atom. The van der Waals surface area contributed by atoms with E-state index < -0.39 is 146 Å². The van der Waals surface area contributed by atoms with Crippen LogP contribution in [0.3, 0.4) is 0 Å². The molecule has 0 spiro atoms. The summed E-state index contributed by atoms with van der Waals surface area (Å²) in [4.78, 5) is 0. The first kappa shape index (κ1) is 111. The van der Waals surface area contributed by atoms with E-state index in [4.69, 9.17) is 0 Å². The van der Waals surface area contributed by atoms with Gasteiger partial charge in [-0.2, -0.15) is 171 Å². The highest BCUT2D eigenvalue weighted by Gasteiger charge is 2.93. The van der Waals surface area contributed by atoms with Crippen LogP contribution in [0.4, 0.5) is 171 Å². The molecule has 0 amide bonds. The third-order valence-electron chi connectivity index (χ3n) is 28.4. The molecule has 0 unspecified atom stereocenters. The van der Waals surface area contributed by atoms with Crippen molar-refractivity contribution in [3.63, 3.8) is 0 Å². The van der Waals surface area contributed by atoms with Gasteiger partial charge < -0.3 is 0 Å². The second-order valence-corrected chi connectivity index (χ2v) is 36.8. The second-order valence-electron chi connectivity index (χ2n) is 36.8. The molecular formula is C90H111F39. The number of alkyl halides is 39. The molecule has 3 aromatic rings. The van der Waals surface area contributed by atoms with E-state index in [2.05, 4.69) is 20.8 Å². The average molecular weight is 1930 g/mol. The fourth-order valence-corrected chi connectivity index (χ4v) is 19.9. The van der Waals surface area contributed by atoms with Crippen LogP contribution in [0, 0.1) is 53.3 Å². The monoisotopic (exact) mass is 1930 g/mol. The normalized spacial score (nSPS) is 25.2. The van der Waals surface area contributed by atoms with Crippen molar-refractivity contribution in [1.29, 1.82) is 0 Å². The molecule has 39 heteroatoms. The quantitative estimate of drug-likeness (QED) is 0.0402. The topological polar surface area (TPSA) is 0 Å². The van der Waals surface area contributed by atoms with Crippen molar-refractivity contribution in [1.82, 2.24) is 0 Å². The first-order chi connectivity index (χ1) is 59.1. The molecule has 3 aromatic carbocycles. The van der Waals surface area contributed by atoms with Gasteiger partial charge in [-0.15, -0.1) is 0 Å². The highest BCUT2D eigenvalue weighted by atomic mass is 19.5. The number of halogens is 39. The molecule has 6 aliphatic rings. The van der Waals surface area contributed by atoms with Crippen LogP contribution in [0.2, 0.25) is 0 Å². The Labute approximate surface area is 724 Å². The van der Waals surface area contributed by atoms with E-state index >= 15 is 0 Å². The van der Waals surface area contributed by atoms with Gasteiger partial charge in [-0.25, -0.2) is 0 Å². The Morgan fingerprint density at radius 1 is 0.194 bits per heavy atom. The fraction of sp³-hybridized carbons (Fsp3) is 0.800. The van der Waals surface area contributed by atoms with Crippen LogP contribution in [-0.4, -0.2) is 107 Å². The van der Waals surface area contributed by atoms with E-state index in [0.717, 1.165) is 111 Å². The maximum absolute atomic E-state index is 14.2. The smallest absolute Gasteiger partial charge is 0.200 e. The van der Waals surface area contributed by atoms with Crippen LogP contribution in [0.15, 0.2) is 72.8 Å². The number of aryl methyl sites for hydroxylation is 3. The Morgan fingerprint density at radius 2 is 0.380 bits per heavy atom. The molecule has 129 heavy (non-hydrogen) atoms. The Hall–Kier alpha value is -5.07. The predicted molar refractivity (Wildman–Crippen MR) is 406 cm³/mol. The van der Waals surface area contributed by atoms with E-state index in [0.29, 0.717) is 35.5 Å². The van der Waals surface area contributed by atoms with E-state index in [-0.39, 0.29) is 34.4 Å². The highest BCUT2D eigenvalue weighted by molar-refractivity contribution is 5.30. The van der Waals surface area contributed by atoms with Crippen molar-refractivity contribution >= 4 is 0 Å². The molecule has 0 N–H and O–H groups in total. The molecule has 0 aromatic heterocycles. The lowest BCUT2D eigenvalue weighted by molar-refractivity contribution is -0.440. The summed E-state index contributed by atoms with van der Waals surface area (Å²) in [7, 11) is 0. The molecule has 0 nitrogen and oxygen atoms in total. The van der Waals surface area contributed by atoms with Crippen molar-refractivity contribution in [2.24, 2.45) is 53.3 Å². The number of rotatable bonds is 36. The van der Waals surface area contributed by atoms with Crippen molar-refractivity contribution < 1.29 is 171 Å². The van der Waals surface area contributed by atoms with Gasteiger partial charge in [-0.1, -0.05) is 190 Å². The summed E-state index contributed by atoms with van der Waals surface area (Å²) in [6.45, 7) is 6.58. The van der Waals surface area contributed by atoms with Gasteiger partial charge in [0.15, 0.2) is 0 Å². The van der Waals surface area contributed by atoms with Crippen molar-refractivity contribution in [3.05, 3.63) is 106 Å². The van der Waals surface area contributed by atoms with E-state index in [1.165, 1.54) is 171 Å². The van der Waals surface area contributed by atoms with Crippen LogP contribution in [0.1, 0.15) is 303 Å². The summed E-state index contributed by atoms with van der Waals surface area (Å²) in [5.74, 6) is -103. The van der Waals surface area contributed by atoms with Crippen LogP contribution in [-0.2, 0) is 19.3 Å². The maximum atomic E-state index is 14.2. The van der Waals surface area contributed by atoms with E-state index in [1.54, 1.807) is 36.4 Å². The molecule has 6 fully saturated rings. The zero-order chi connectivity index (χ0) is 97.5. The van der Waals surface area contributed by atoms with Crippen LogP contribution >= 0.6 is 0 Å². The van der Waals surface area contributed by atoms with Crippen LogP contribution in [0.5, 0.6) is 0 Å². The number of benzene rings is 3. The molecule has 6 saturated carbocycles. The minimum atomic E-state index is -7.86. The third-order valence-corrected chi connectivity index (χ3v) is 28.4. The zero-order valence-electron chi connectivity index (χ0n) is 71.2. The van der Waals surface area contributed by atoms with Gasteiger partial charge in [0.25, 0.3) is 0 Å². The first-order valence-electron chi connectivity index (χ1n) is 44.2. The summed E-state index contributed by atoms with van der Waals surface area (Å²) in [6.07, 6.45) is 5.85. The Bertz CT molecular complexity index is 3830. The lowest BCUT2D eigenvalue weighted by atomic mass is 9.68. The summed E-state index contributed by atoms with van der Waals surface area (Å²) in [5.41, 5.74) is 2.43. The Balaban J connectivity index is 0.000000265. The molecule has 0 heterocycles. The average Bonchev–Trinajstić information content (AvgIpc) is 0.719. The van der Waals surface area contributed by atoms with Gasteiger partial charge in [0.1, 0.15) is 0 Å². The van der Waals surface area contributed by atoms with Gasteiger partial charge in [0.2, 0.25) is 0 Å². The van der Waals surface area contributed by atoms with Crippen molar-refractivity contribution in [2.75, 3.05) is 0 Å². The highest BCUT2D eigenvalue weighted by Crippen LogP contribution is 2.65. The number of unbranched alkanes of at least 4 members (excludes halogenated alkanes) is 3. The molecule has 0 saturated heterocycles. The predicted octanol–water partition coefficient (Wildman–Crippen LogP) is 34.9. The van der Waals surface area contributed by atoms with Crippen molar-refractivity contribution in [2.45, 2.75) is 396 Å². The minimum Gasteiger partial charge on any atom is -0.200 e. The summed E-state index contributed by atoms with van der Waals surface area (Å²) < 4.78 is 520. The summed E-state index contributed by atoms with van der Waals surface area (Å²) in [6, 6.07) is 17.2. The van der Waals surface area contributed by atoms with Gasteiger partial charge >= 0.3 is 107 Å². The zero-order valence-corrected chi connectivity index (χ0v) is 71.2. The lowest BCUT2D eigenvalue weighted by Crippen LogP contribution is -2.70. The summed E-state index contributed by atoms with van der Waals surface area (Å²) >= 11 is 0. The molecule has 0 atom stereocenters. The first-order valence-corrected chi connectivity index (χ1v) is 44.2. The SMILES string of the molecule is CCCC1CCC(C2CCC(c3ccc(CCC(F)(F)C(F)(F)C(F)(F)C(F)(F)C(F)(F)C(F)(F)F)cc3)CC2)CC1.CCCCC1CCC(C2CCC(c3ccc(CCC(F)(F)C(F)(F)C(F)(F)C(F)(F)C(F)(F)C(F)(F)F)cc3)CC2)CC1.CCCCCC1CCC(C2CCC(c3ccc(CCC(F)(F)C(F)(F)C(F)(F)C(F)(F)C(F)(F)C(F)(F)F)cc3)CC2)CC1. The standard InChI is InChI=1S/C31H39F13.C30H37F13.C29H35F13/c1-2-3-4-5-20-6-10-22(11-7-20)24-14-16-25(17-15-24)23-12-8-21(9-13-23)18-19-26(32,33)27(34,35)28(36,37)29(38,39)30(40,41)31(42,43)44;1-2-3-4-19-5-9-21(10-6-19)23-13-15-24(16-14-23)22-11-7-20(8-12-22)17-18-25(31,32)26(33,34)27(35,36)28(37,38)29(39,40)30(41,42)43;1-2-3-18-4-8-20(9-5-18)22-12-14-23(15-13-22)21-10-6-19(7-11-21)16-17-24(30,31)25(32,33)26(34,35)27(36,37)28(38,39)29(40,41)42/h8-9,12-13,20,22,24-25H,2-7,10-11,14-19H2,1H3;7-8,11-12,19,21,23-24H,2-6,9-10,13-18H2,1H3;6-7,10-11,18,20,22-23H,2-5,8-9,12-17H2,1H3. The van der Waals surface area contributed by atoms with Gasteiger partial charge in [0, 0.05) is 19.3 Å². The molecular weight excluding hydrogens is 1820 g/mol. The third kappa shape index (κ3) is 24.0. The van der Waals surface area contributed by atoms with E-state index in [9.17, 15) is 171 Å². The lowest BCUT2D eigenvalue weighted by Gasteiger charge is -2.39. The van der Waals surface area contributed by atoms with Crippen LogP contribution in [0.25, 0.3) is 0 Å². The molecule has 0 bridgehead atoms. The van der Waals surface area contributed by atoms with Crippen LogP contribution < -0.4 is 0 Å². The Kier molecular flexibility index (Phi) is 36.4. The largest absolute Gasteiger partial charge is 0.460 e. The fourth-order valence-electron chi connectivity index (χ4n) is 19.9. The number of hydrogen-bond donors (Lipinski definition) is 0. The van der Waals surface area contributed by atoms with Gasteiger partial charge in [0.05, 0.1) is 0 Å². The van der Waals surface area contributed by atoms with Gasteiger partial charge in [-0.05, 0) is 239 Å². The second kappa shape index (κ2) is 42.3. The molecule has 6 aliphatic carbocycles. The number of hydrogen-bond acceptors (Lipinski definition) is 0. The molecule has 744 valence electrons. The summed E-state index contributed by atoms with van der Waals surface area (Å²) in [5, 5.41) is 0. The maximum Gasteiger partial charge on any atom is 0.460 e. The van der Waals surface area contributed by atoms with Gasteiger partial charge in [-0.3, -0.25) is 0 Å².